The zero-order valence-electron chi connectivity index (χ0n) is 17.5. The highest BCUT2D eigenvalue weighted by Gasteiger charge is 2.38. The van der Waals surface area contributed by atoms with Crippen LogP contribution in [-0.2, 0) is 21.2 Å². The summed E-state index contributed by atoms with van der Waals surface area (Å²) in [5, 5.41) is 0. The Kier molecular flexibility index (Phi) is 7.45. The first kappa shape index (κ1) is 24.1. The summed E-state index contributed by atoms with van der Waals surface area (Å²) < 4.78 is 68.4. The van der Waals surface area contributed by atoms with Gasteiger partial charge in [0.2, 0.25) is 10.0 Å². The number of alkyl halides is 3. The third-order valence-corrected chi connectivity index (χ3v) is 5.95. The molecule has 0 spiro atoms. The minimum absolute atomic E-state index is 0.182. The van der Waals surface area contributed by atoms with Gasteiger partial charge in [0.25, 0.3) is 0 Å². The quantitative estimate of drug-likeness (QED) is 0.693. The first-order valence-corrected chi connectivity index (χ1v) is 12.0. The highest BCUT2D eigenvalue weighted by molar-refractivity contribution is 7.88. The lowest BCUT2D eigenvalue weighted by atomic mass is 9.90. The number of benzene rings is 2. The summed E-state index contributed by atoms with van der Waals surface area (Å²) in [7, 11) is -3.59. The molecule has 1 N–H and O–H groups in total. The van der Waals surface area contributed by atoms with Crippen LogP contribution >= 0.6 is 0 Å². The van der Waals surface area contributed by atoms with E-state index in [0.29, 0.717) is 12.8 Å². The molecule has 6 nitrogen and oxygen atoms in total. The van der Waals surface area contributed by atoms with Crippen molar-refractivity contribution in [3.63, 3.8) is 0 Å². The number of piperidine rings is 1. The lowest BCUT2D eigenvalue weighted by molar-refractivity contribution is -0.163. The molecule has 0 aromatic heterocycles. The molecule has 2 aromatic rings. The Morgan fingerprint density at radius 1 is 1.12 bits per heavy atom. The molecule has 1 aliphatic rings. The van der Waals surface area contributed by atoms with Crippen molar-refractivity contribution < 1.29 is 31.1 Å². The van der Waals surface area contributed by atoms with Gasteiger partial charge < -0.3 is 9.64 Å². The fourth-order valence-corrected chi connectivity index (χ4v) is 4.75. The molecule has 10 heteroatoms. The summed E-state index contributed by atoms with van der Waals surface area (Å²) in [6.45, 7) is -1.51. The van der Waals surface area contributed by atoms with Gasteiger partial charge in [-0.25, -0.2) is 17.9 Å². The first-order chi connectivity index (χ1) is 15.0. The zero-order valence-corrected chi connectivity index (χ0v) is 18.3. The van der Waals surface area contributed by atoms with Gasteiger partial charge in [0, 0.05) is 12.6 Å². The largest absolute Gasteiger partial charge is 0.440 e. The van der Waals surface area contributed by atoms with E-state index >= 15 is 0 Å². The minimum atomic E-state index is -4.64. The van der Waals surface area contributed by atoms with Gasteiger partial charge in [-0.3, -0.25) is 0 Å². The number of likely N-dealkylation sites (tertiary alicyclic amines) is 1. The Labute approximate surface area is 185 Å². The van der Waals surface area contributed by atoms with Crippen molar-refractivity contribution in [2.75, 3.05) is 19.4 Å². The van der Waals surface area contributed by atoms with Gasteiger partial charge in [0.1, 0.15) is 0 Å². The lowest BCUT2D eigenvalue weighted by Gasteiger charge is -2.40. The number of nitrogens with one attached hydrogen (secondary N) is 1. The average molecular weight is 471 g/mol. The maximum atomic E-state index is 12.5. The summed E-state index contributed by atoms with van der Waals surface area (Å²) in [5.74, 6) is 0. The third-order valence-electron chi connectivity index (χ3n) is 5.22. The maximum absolute atomic E-state index is 12.5. The van der Waals surface area contributed by atoms with Crippen LogP contribution in [0.15, 0.2) is 54.6 Å². The number of sulfonamides is 1. The molecule has 1 amide bonds. The zero-order chi connectivity index (χ0) is 23.4. The van der Waals surface area contributed by atoms with E-state index in [0.717, 1.165) is 22.9 Å². The third kappa shape index (κ3) is 6.96. The molecule has 0 bridgehead atoms. The minimum Gasteiger partial charge on any atom is -0.440 e. The van der Waals surface area contributed by atoms with E-state index < -0.39 is 41.0 Å². The molecule has 1 heterocycles. The number of carbonyl (C=O) groups is 1. The van der Waals surface area contributed by atoms with Crippen LogP contribution in [0.25, 0.3) is 11.1 Å². The van der Waals surface area contributed by atoms with Gasteiger partial charge in [-0.15, -0.1) is 0 Å². The molecular weight excluding hydrogens is 445 g/mol. The second-order valence-electron chi connectivity index (χ2n) is 7.84. The van der Waals surface area contributed by atoms with Crippen molar-refractivity contribution in [1.82, 2.24) is 9.62 Å². The standard InChI is InChI=1S/C22H25F3N2O4S/c1-32(29,30)26-19-11-6-12-27(21(28)31-15-22(23,24)25)20(19)14-16-7-5-10-18(13-16)17-8-3-2-4-9-17/h2-5,7-10,13,19-20,26H,6,11-12,14-15H2,1H3. The SMILES string of the molecule is CS(=O)(=O)NC1CCCN(C(=O)OCC(F)(F)F)C1Cc1cccc(-c2ccccc2)c1. The van der Waals surface area contributed by atoms with E-state index in [2.05, 4.69) is 9.46 Å². The predicted octanol–water partition coefficient (Wildman–Crippen LogP) is 3.98. The molecule has 2 atom stereocenters. The Hall–Kier alpha value is -2.59. The molecule has 3 rings (SSSR count). The van der Waals surface area contributed by atoms with Gasteiger partial charge in [0.15, 0.2) is 6.61 Å². The molecule has 1 aliphatic heterocycles. The van der Waals surface area contributed by atoms with Gasteiger partial charge in [0.05, 0.1) is 12.3 Å². The van der Waals surface area contributed by atoms with E-state index in [4.69, 9.17) is 0 Å². The number of hydrogen-bond donors (Lipinski definition) is 1. The van der Waals surface area contributed by atoms with Crippen LogP contribution in [0.5, 0.6) is 0 Å². The highest BCUT2D eigenvalue weighted by Crippen LogP contribution is 2.26. The van der Waals surface area contributed by atoms with E-state index in [1.54, 1.807) is 0 Å². The van der Waals surface area contributed by atoms with Crippen LogP contribution in [-0.4, -0.2) is 57.1 Å². The topological polar surface area (TPSA) is 75.7 Å². The van der Waals surface area contributed by atoms with E-state index in [1.165, 1.54) is 4.90 Å². The van der Waals surface area contributed by atoms with Crippen molar-refractivity contribution in [2.24, 2.45) is 0 Å². The Morgan fingerprint density at radius 3 is 2.47 bits per heavy atom. The molecule has 0 radical (unpaired) electrons. The van der Waals surface area contributed by atoms with Gasteiger partial charge in [-0.05, 0) is 36.0 Å². The lowest BCUT2D eigenvalue weighted by Crippen LogP contribution is -2.58. The number of amides is 1. The summed E-state index contributed by atoms with van der Waals surface area (Å²) in [6.07, 6.45) is -3.58. The number of nitrogens with zero attached hydrogens (tertiary/aromatic N) is 1. The summed E-state index contributed by atoms with van der Waals surface area (Å²) in [4.78, 5) is 13.7. The molecule has 2 unspecified atom stereocenters. The normalized spacial score (nSPS) is 19.6. The van der Waals surface area contributed by atoms with Crippen molar-refractivity contribution in [3.8, 4) is 11.1 Å². The van der Waals surface area contributed by atoms with Gasteiger partial charge in [-0.1, -0.05) is 54.6 Å². The van der Waals surface area contributed by atoms with Crippen LogP contribution < -0.4 is 4.72 Å². The van der Waals surface area contributed by atoms with Crippen LogP contribution in [0.4, 0.5) is 18.0 Å². The molecule has 0 saturated carbocycles. The number of hydrogen-bond acceptors (Lipinski definition) is 4. The molecule has 32 heavy (non-hydrogen) atoms. The monoisotopic (exact) mass is 470 g/mol. The Morgan fingerprint density at radius 2 is 1.81 bits per heavy atom. The smallest absolute Gasteiger partial charge is 0.422 e. The summed E-state index contributed by atoms with van der Waals surface area (Å²) in [6, 6.07) is 15.9. The summed E-state index contributed by atoms with van der Waals surface area (Å²) >= 11 is 0. The number of ether oxygens (including phenoxy) is 1. The van der Waals surface area contributed by atoms with Crippen LogP contribution in [0, 0.1) is 0 Å². The van der Waals surface area contributed by atoms with Crippen molar-refractivity contribution in [2.45, 2.75) is 37.5 Å². The average Bonchev–Trinajstić information content (AvgIpc) is 2.72. The fraction of sp³-hybridized carbons (Fsp3) is 0.409. The van der Waals surface area contributed by atoms with E-state index in [9.17, 15) is 26.4 Å². The Bertz CT molecular complexity index is 1030. The van der Waals surface area contributed by atoms with Crippen LogP contribution in [0.2, 0.25) is 0 Å². The second kappa shape index (κ2) is 9.91. The number of rotatable bonds is 6. The van der Waals surface area contributed by atoms with Crippen molar-refractivity contribution in [3.05, 3.63) is 60.2 Å². The summed E-state index contributed by atoms with van der Waals surface area (Å²) in [5.41, 5.74) is 2.76. The molecule has 2 aromatic carbocycles. The molecule has 174 valence electrons. The number of halogens is 3. The van der Waals surface area contributed by atoms with Crippen LogP contribution in [0.3, 0.4) is 0 Å². The Balaban J connectivity index is 1.86. The van der Waals surface area contributed by atoms with Crippen LogP contribution in [0.1, 0.15) is 18.4 Å². The van der Waals surface area contributed by atoms with Crippen molar-refractivity contribution >= 4 is 16.1 Å². The predicted molar refractivity (Wildman–Crippen MR) is 114 cm³/mol. The molecule has 0 aliphatic carbocycles. The maximum Gasteiger partial charge on any atom is 0.422 e. The first-order valence-electron chi connectivity index (χ1n) is 10.1. The highest BCUT2D eigenvalue weighted by atomic mass is 32.2. The molecule has 1 saturated heterocycles. The van der Waals surface area contributed by atoms with Crippen molar-refractivity contribution in [1.29, 1.82) is 0 Å². The van der Waals surface area contributed by atoms with E-state index in [1.807, 2.05) is 54.6 Å². The van der Waals surface area contributed by atoms with E-state index in [-0.39, 0.29) is 13.0 Å². The number of carbonyl (C=O) groups excluding carboxylic acids is 1. The molecular formula is C22H25F3N2O4S. The fourth-order valence-electron chi connectivity index (χ4n) is 3.92. The molecule has 1 fully saturated rings. The van der Waals surface area contributed by atoms with Gasteiger partial charge in [-0.2, -0.15) is 13.2 Å². The van der Waals surface area contributed by atoms with Gasteiger partial charge >= 0.3 is 12.3 Å². The second-order valence-corrected chi connectivity index (χ2v) is 9.62.